The summed E-state index contributed by atoms with van der Waals surface area (Å²) in [5.41, 5.74) is 7.86. The first-order valence-corrected chi connectivity index (χ1v) is 12.1. The zero-order chi connectivity index (χ0) is 26.9. The number of pyridine rings is 1. The number of benzene rings is 3. The highest BCUT2D eigenvalue weighted by atomic mass is 32.2. The van der Waals surface area contributed by atoms with Gasteiger partial charge in [0.2, 0.25) is 11.8 Å². The van der Waals surface area contributed by atoms with E-state index in [9.17, 15) is 18.0 Å². The number of halogens is 3. The van der Waals surface area contributed by atoms with Crippen LogP contribution in [0.15, 0.2) is 94.7 Å². The highest BCUT2D eigenvalue weighted by Crippen LogP contribution is 2.35. The summed E-state index contributed by atoms with van der Waals surface area (Å²) in [5, 5.41) is 0.365. The quantitative estimate of drug-likeness (QED) is 0.251. The Balaban J connectivity index is 1.50. The highest BCUT2D eigenvalue weighted by molar-refractivity contribution is 8.00. The summed E-state index contributed by atoms with van der Waals surface area (Å²) in [6, 6.07) is 20.9. The lowest BCUT2D eigenvalue weighted by Crippen LogP contribution is -2.23. The second-order valence-electron chi connectivity index (χ2n) is 8.19. The van der Waals surface area contributed by atoms with Gasteiger partial charge in [-0.3, -0.25) is 4.79 Å². The molecular formula is C27H20F3N5O2S. The van der Waals surface area contributed by atoms with Crippen molar-refractivity contribution in [3.05, 3.63) is 101 Å². The number of anilines is 2. The molecule has 3 N–H and O–H groups in total. The smallest absolute Gasteiger partial charge is 0.416 e. The molecule has 0 aliphatic heterocycles. The lowest BCUT2D eigenvalue weighted by atomic mass is 10.0. The molecular weight excluding hydrogens is 515 g/mol. The maximum atomic E-state index is 13.4. The molecule has 7 nitrogen and oxygen atoms in total. The van der Waals surface area contributed by atoms with Crippen LogP contribution in [0, 0.1) is 0 Å². The van der Waals surface area contributed by atoms with Crippen LogP contribution in [0.1, 0.15) is 5.56 Å². The second kappa shape index (κ2) is 10.1. The van der Waals surface area contributed by atoms with Crippen LogP contribution in [-0.4, -0.2) is 21.6 Å². The molecule has 0 saturated carbocycles. The van der Waals surface area contributed by atoms with Gasteiger partial charge in [0.1, 0.15) is 5.69 Å². The lowest BCUT2D eigenvalue weighted by molar-refractivity contribution is -0.137. The van der Waals surface area contributed by atoms with Crippen LogP contribution < -0.4 is 20.8 Å². The fourth-order valence-corrected chi connectivity index (χ4v) is 4.61. The Hall–Kier alpha value is -4.51. The first-order valence-electron chi connectivity index (χ1n) is 11.3. The number of methoxy groups -OCH3 is 1. The van der Waals surface area contributed by atoms with Crippen molar-refractivity contribution in [2.75, 3.05) is 17.6 Å². The van der Waals surface area contributed by atoms with Gasteiger partial charge >= 0.3 is 6.18 Å². The number of alkyl halides is 3. The standard InChI is InChI=1S/C27H20F3N5O2S/c1-37-24-23(34-38-20-9-5-6-18(14-20)27(28,29)30)13-17(15-32-24)16-10-11-22-21(12-16)25(36)35(26(31)33-22)19-7-3-2-4-8-19/h2-15,34H,1H3,(H2,31,33). The number of nitrogen functional groups attached to an aromatic ring is 1. The van der Waals surface area contributed by atoms with E-state index < -0.39 is 11.7 Å². The maximum Gasteiger partial charge on any atom is 0.416 e. The number of ether oxygens (including phenoxy) is 1. The predicted molar refractivity (Wildman–Crippen MR) is 142 cm³/mol. The highest BCUT2D eigenvalue weighted by Gasteiger charge is 2.30. The van der Waals surface area contributed by atoms with Crippen LogP contribution >= 0.6 is 11.9 Å². The van der Waals surface area contributed by atoms with Gasteiger partial charge in [0.15, 0.2) is 0 Å². The van der Waals surface area contributed by atoms with E-state index in [1.807, 2.05) is 6.07 Å². The van der Waals surface area contributed by atoms with Gasteiger partial charge in [-0.05, 0) is 66.0 Å². The predicted octanol–water partition coefficient (Wildman–Crippen LogP) is 6.18. The molecule has 0 fully saturated rings. The molecule has 0 saturated heterocycles. The van der Waals surface area contributed by atoms with Gasteiger partial charge in [0, 0.05) is 16.7 Å². The summed E-state index contributed by atoms with van der Waals surface area (Å²) in [6.07, 6.45) is -2.86. The van der Waals surface area contributed by atoms with Crippen LogP contribution in [0.25, 0.3) is 27.7 Å². The second-order valence-corrected chi connectivity index (χ2v) is 9.07. The van der Waals surface area contributed by atoms with E-state index in [0.717, 1.165) is 24.1 Å². The van der Waals surface area contributed by atoms with Gasteiger partial charge in [-0.15, -0.1) is 0 Å². The molecule has 5 rings (SSSR count). The summed E-state index contributed by atoms with van der Waals surface area (Å²) in [4.78, 5) is 22.5. The molecule has 5 aromatic rings. The monoisotopic (exact) mass is 535 g/mol. The molecule has 0 unspecified atom stereocenters. The minimum Gasteiger partial charge on any atom is -0.480 e. The van der Waals surface area contributed by atoms with Crippen molar-refractivity contribution in [1.29, 1.82) is 0 Å². The average molecular weight is 536 g/mol. The van der Waals surface area contributed by atoms with Crippen molar-refractivity contribution in [3.8, 4) is 22.7 Å². The molecule has 0 spiro atoms. The number of para-hydroxylation sites is 1. The third kappa shape index (κ3) is 5.00. The largest absolute Gasteiger partial charge is 0.480 e. The zero-order valence-electron chi connectivity index (χ0n) is 19.9. The number of nitrogens with two attached hydrogens (primary N) is 1. The summed E-state index contributed by atoms with van der Waals surface area (Å²) in [5.74, 6) is 0.334. The summed E-state index contributed by atoms with van der Waals surface area (Å²) in [6.45, 7) is 0. The van der Waals surface area contributed by atoms with Crippen molar-refractivity contribution in [2.24, 2.45) is 0 Å². The average Bonchev–Trinajstić information content (AvgIpc) is 2.92. The van der Waals surface area contributed by atoms with E-state index in [1.54, 1.807) is 60.8 Å². The van der Waals surface area contributed by atoms with E-state index in [0.29, 0.717) is 38.3 Å². The molecule has 192 valence electrons. The van der Waals surface area contributed by atoms with Gasteiger partial charge in [0.25, 0.3) is 5.56 Å². The van der Waals surface area contributed by atoms with Gasteiger partial charge in [-0.2, -0.15) is 13.2 Å². The van der Waals surface area contributed by atoms with Crippen LogP contribution in [-0.2, 0) is 6.18 Å². The van der Waals surface area contributed by atoms with Crippen LogP contribution in [0.3, 0.4) is 0 Å². The minimum absolute atomic E-state index is 0.0747. The number of aromatic nitrogens is 3. The van der Waals surface area contributed by atoms with Crippen molar-refractivity contribution in [3.63, 3.8) is 0 Å². The minimum atomic E-state index is -4.44. The van der Waals surface area contributed by atoms with E-state index in [1.165, 1.54) is 17.7 Å². The van der Waals surface area contributed by atoms with Crippen LogP contribution in [0.2, 0.25) is 0 Å². The summed E-state index contributed by atoms with van der Waals surface area (Å²) < 4.78 is 48.9. The van der Waals surface area contributed by atoms with Gasteiger partial charge in [0.05, 0.1) is 29.3 Å². The van der Waals surface area contributed by atoms with Crippen molar-refractivity contribution in [1.82, 2.24) is 14.5 Å². The first kappa shape index (κ1) is 25.2. The number of fused-ring (bicyclic) bond motifs is 1. The molecule has 0 aliphatic carbocycles. The number of nitrogens with zero attached hydrogens (tertiary/aromatic N) is 3. The molecule has 0 amide bonds. The summed E-state index contributed by atoms with van der Waals surface area (Å²) in [7, 11) is 1.44. The van der Waals surface area contributed by atoms with Crippen molar-refractivity contribution in [2.45, 2.75) is 11.1 Å². The van der Waals surface area contributed by atoms with Crippen LogP contribution in [0.4, 0.5) is 24.8 Å². The number of nitrogens with one attached hydrogen (secondary N) is 1. The zero-order valence-corrected chi connectivity index (χ0v) is 20.7. The van der Waals surface area contributed by atoms with Crippen molar-refractivity contribution < 1.29 is 17.9 Å². The fourth-order valence-electron chi connectivity index (χ4n) is 3.90. The molecule has 3 aromatic carbocycles. The molecule has 38 heavy (non-hydrogen) atoms. The van der Waals surface area contributed by atoms with E-state index in [-0.39, 0.29) is 17.4 Å². The normalized spacial score (nSPS) is 11.5. The van der Waals surface area contributed by atoms with Gasteiger partial charge in [-0.1, -0.05) is 30.3 Å². The Morgan fingerprint density at radius 3 is 2.50 bits per heavy atom. The Bertz CT molecular complexity index is 1690. The van der Waals surface area contributed by atoms with E-state index >= 15 is 0 Å². The van der Waals surface area contributed by atoms with E-state index in [4.69, 9.17) is 10.5 Å². The summed E-state index contributed by atoms with van der Waals surface area (Å²) >= 11 is 0.996. The molecule has 0 aliphatic rings. The van der Waals surface area contributed by atoms with Crippen LogP contribution in [0.5, 0.6) is 5.88 Å². The van der Waals surface area contributed by atoms with Crippen molar-refractivity contribution >= 4 is 34.5 Å². The number of hydrogen-bond acceptors (Lipinski definition) is 7. The molecule has 0 atom stereocenters. The molecule has 2 heterocycles. The Kier molecular flexibility index (Phi) is 6.68. The first-order chi connectivity index (χ1) is 18.2. The third-order valence-corrected chi connectivity index (χ3v) is 6.54. The number of rotatable bonds is 6. The Morgan fingerprint density at radius 1 is 0.974 bits per heavy atom. The molecule has 2 aromatic heterocycles. The van der Waals surface area contributed by atoms with E-state index in [2.05, 4.69) is 14.7 Å². The van der Waals surface area contributed by atoms with Gasteiger partial charge < -0.3 is 15.2 Å². The maximum absolute atomic E-state index is 13.4. The Morgan fingerprint density at radius 2 is 1.76 bits per heavy atom. The fraction of sp³-hybridized carbons (Fsp3) is 0.0741. The van der Waals surface area contributed by atoms with Gasteiger partial charge in [-0.25, -0.2) is 14.5 Å². The SMILES string of the molecule is COc1ncc(-c2ccc3nc(N)n(-c4ccccc4)c(=O)c3c2)cc1NSc1cccc(C(F)(F)F)c1. The topological polar surface area (TPSA) is 95.1 Å². The molecule has 0 radical (unpaired) electrons. The third-order valence-electron chi connectivity index (χ3n) is 5.73. The number of hydrogen-bond donors (Lipinski definition) is 2. The molecule has 0 bridgehead atoms. The Labute approximate surface area is 219 Å². The lowest BCUT2D eigenvalue weighted by Gasteiger charge is -2.13. The molecule has 11 heteroatoms.